The number of nitrogens with zero attached hydrogens (tertiary/aromatic N) is 2. The standard InChI is InChI=1S/C10H10FN3S/c1-14-6-8(5-13-14)15-10-4-7(11)2-3-9(10)12/h2-6H,12H2,1H3. The molecule has 0 bridgehead atoms. The summed E-state index contributed by atoms with van der Waals surface area (Å²) in [6, 6.07) is 4.34. The molecule has 0 aliphatic carbocycles. The van der Waals surface area contributed by atoms with Crippen LogP contribution in [0.1, 0.15) is 0 Å². The van der Waals surface area contributed by atoms with Gasteiger partial charge in [-0.3, -0.25) is 4.68 Å². The number of anilines is 1. The third-order valence-electron chi connectivity index (χ3n) is 1.88. The van der Waals surface area contributed by atoms with Gasteiger partial charge >= 0.3 is 0 Å². The molecule has 1 heterocycles. The van der Waals surface area contributed by atoms with Crippen molar-refractivity contribution in [2.45, 2.75) is 9.79 Å². The Hall–Kier alpha value is -1.49. The fourth-order valence-electron chi connectivity index (χ4n) is 1.18. The second-order valence-electron chi connectivity index (χ2n) is 3.13. The molecule has 0 unspecified atom stereocenters. The van der Waals surface area contributed by atoms with Crippen molar-refractivity contribution in [1.29, 1.82) is 0 Å². The highest BCUT2D eigenvalue weighted by Gasteiger charge is 2.04. The van der Waals surface area contributed by atoms with Crippen molar-refractivity contribution in [3.63, 3.8) is 0 Å². The predicted molar refractivity (Wildman–Crippen MR) is 58.1 cm³/mol. The molecule has 0 saturated carbocycles. The largest absolute Gasteiger partial charge is 0.398 e. The van der Waals surface area contributed by atoms with Crippen molar-refractivity contribution in [3.8, 4) is 0 Å². The quantitative estimate of drug-likeness (QED) is 0.794. The monoisotopic (exact) mass is 223 g/mol. The second-order valence-corrected chi connectivity index (χ2v) is 4.25. The number of hydrogen-bond donors (Lipinski definition) is 1. The van der Waals surface area contributed by atoms with E-state index >= 15 is 0 Å². The molecule has 0 amide bonds. The molecule has 2 rings (SSSR count). The Bertz CT molecular complexity index is 481. The first-order valence-corrected chi connectivity index (χ1v) is 5.18. The fourth-order valence-corrected chi connectivity index (χ4v) is 2.09. The minimum Gasteiger partial charge on any atom is -0.398 e. The van der Waals surface area contributed by atoms with Gasteiger partial charge in [0.2, 0.25) is 0 Å². The topological polar surface area (TPSA) is 43.8 Å². The Balaban J connectivity index is 2.27. The van der Waals surface area contributed by atoms with Crippen LogP contribution in [-0.4, -0.2) is 9.78 Å². The minimum atomic E-state index is -0.282. The van der Waals surface area contributed by atoms with Gasteiger partial charge in [0, 0.05) is 23.8 Å². The molecule has 0 aliphatic heterocycles. The second kappa shape index (κ2) is 3.94. The third kappa shape index (κ3) is 2.30. The van der Waals surface area contributed by atoms with E-state index in [1.54, 1.807) is 16.9 Å². The van der Waals surface area contributed by atoms with E-state index in [2.05, 4.69) is 5.10 Å². The van der Waals surface area contributed by atoms with E-state index in [0.29, 0.717) is 10.6 Å². The molecular formula is C10H10FN3S. The van der Waals surface area contributed by atoms with Gasteiger partial charge in [-0.25, -0.2) is 4.39 Å². The highest BCUT2D eigenvalue weighted by molar-refractivity contribution is 7.99. The number of benzene rings is 1. The van der Waals surface area contributed by atoms with E-state index in [1.807, 2.05) is 13.2 Å². The number of halogens is 1. The van der Waals surface area contributed by atoms with Crippen molar-refractivity contribution in [2.24, 2.45) is 7.05 Å². The average molecular weight is 223 g/mol. The Morgan fingerprint density at radius 1 is 1.47 bits per heavy atom. The predicted octanol–water partition coefficient (Wildman–Crippen LogP) is 2.29. The zero-order valence-electron chi connectivity index (χ0n) is 8.14. The molecule has 15 heavy (non-hydrogen) atoms. The van der Waals surface area contributed by atoms with Crippen LogP contribution in [-0.2, 0) is 7.05 Å². The maximum atomic E-state index is 13.0. The molecule has 0 atom stereocenters. The first-order valence-electron chi connectivity index (χ1n) is 4.36. The first-order chi connectivity index (χ1) is 7.15. The van der Waals surface area contributed by atoms with E-state index < -0.39 is 0 Å². The SMILES string of the molecule is Cn1cc(Sc2cc(F)ccc2N)cn1. The zero-order chi connectivity index (χ0) is 10.8. The number of nitrogen functional groups attached to an aromatic ring is 1. The Labute approximate surface area is 91.1 Å². The van der Waals surface area contributed by atoms with E-state index in [4.69, 9.17) is 5.73 Å². The summed E-state index contributed by atoms with van der Waals surface area (Å²) >= 11 is 1.40. The van der Waals surface area contributed by atoms with Crippen molar-refractivity contribution in [1.82, 2.24) is 9.78 Å². The van der Waals surface area contributed by atoms with Gasteiger partial charge < -0.3 is 5.73 Å². The lowest BCUT2D eigenvalue weighted by Crippen LogP contribution is -1.89. The van der Waals surface area contributed by atoms with Gasteiger partial charge in [-0.15, -0.1) is 0 Å². The lowest BCUT2D eigenvalue weighted by Gasteiger charge is -2.02. The number of rotatable bonds is 2. The summed E-state index contributed by atoms with van der Waals surface area (Å²) in [6.07, 6.45) is 3.57. The molecule has 1 aromatic carbocycles. The number of hydrogen-bond acceptors (Lipinski definition) is 3. The lowest BCUT2D eigenvalue weighted by atomic mass is 10.3. The molecule has 3 nitrogen and oxygen atoms in total. The molecule has 2 aromatic rings. The van der Waals surface area contributed by atoms with Gasteiger partial charge in [-0.2, -0.15) is 5.10 Å². The van der Waals surface area contributed by atoms with Gasteiger partial charge in [0.25, 0.3) is 0 Å². The summed E-state index contributed by atoms with van der Waals surface area (Å²) < 4.78 is 14.7. The van der Waals surface area contributed by atoms with Gasteiger partial charge in [0.05, 0.1) is 11.1 Å². The molecule has 1 aromatic heterocycles. The van der Waals surface area contributed by atoms with E-state index in [0.717, 1.165) is 4.90 Å². The maximum absolute atomic E-state index is 13.0. The van der Waals surface area contributed by atoms with Gasteiger partial charge in [0.15, 0.2) is 0 Å². The van der Waals surface area contributed by atoms with Crippen LogP contribution in [0.25, 0.3) is 0 Å². The lowest BCUT2D eigenvalue weighted by molar-refractivity contribution is 0.624. The van der Waals surface area contributed by atoms with Crippen LogP contribution in [0.5, 0.6) is 0 Å². The van der Waals surface area contributed by atoms with Crippen molar-refractivity contribution < 1.29 is 4.39 Å². The Morgan fingerprint density at radius 2 is 2.27 bits per heavy atom. The highest BCUT2D eigenvalue weighted by Crippen LogP contribution is 2.31. The Morgan fingerprint density at radius 3 is 2.93 bits per heavy atom. The molecular weight excluding hydrogens is 213 g/mol. The molecule has 0 saturated heterocycles. The number of nitrogens with two attached hydrogens (primary N) is 1. The van der Waals surface area contributed by atoms with Crippen molar-refractivity contribution in [3.05, 3.63) is 36.4 Å². The van der Waals surface area contributed by atoms with E-state index in [9.17, 15) is 4.39 Å². The van der Waals surface area contributed by atoms with Gasteiger partial charge in [-0.05, 0) is 18.2 Å². The van der Waals surface area contributed by atoms with Crippen LogP contribution >= 0.6 is 11.8 Å². The van der Waals surface area contributed by atoms with E-state index in [1.165, 1.54) is 23.9 Å². The summed E-state index contributed by atoms with van der Waals surface area (Å²) in [7, 11) is 1.83. The third-order valence-corrected chi connectivity index (χ3v) is 2.90. The summed E-state index contributed by atoms with van der Waals surface area (Å²) in [5, 5.41) is 4.03. The van der Waals surface area contributed by atoms with Crippen LogP contribution in [0.4, 0.5) is 10.1 Å². The highest BCUT2D eigenvalue weighted by atomic mass is 32.2. The number of aryl methyl sites for hydroxylation is 1. The molecule has 78 valence electrons. The van der Waals surface area contributed by atoms with Gasteiger partial charge in [0.1, 0.15) is 5.82 Å². The fraction of sp³-hybridized carbons (Fsp3) is 0.100. The van der Waals surface area contributed by atoms with Crippen LogP contribution in [0, 0.1) is 5.82 Å². The zero-order valence-corrected chi connectivity index (χ0v) is 8.96. The van der Waals surface area contributed by atoms with Gasteiger partial charge in [-0.1, -0.05) is 11.8 Å². The molecule has 0 spiro atoms. The summed E-state index contributed by atoms with van der Waals surface area (Å²) in [4.78, 5) is 1.65. The number of aromatic nitrogens is 2. The molecule has 0 fully saturated rings. The Kier molecular flexibility index (Phi) is 2.64. The van der Waals surface area contributed by atoms with Crippen LogP contribution in [0.2, 0.25) is 0 Å². The van der Waals surface area contributed by atoms with Crippen LogP contribution in [0.15, 0.2) is 40.4 Å². The van der Waals surface area contributed by atoms with Crippen LogP contribution < -0.4 is 5.73 Å². The van der Waals surface area contributed by atoms with E-state index in [-0.39, 0.29) is 5.82 Å². The molecule has 0 radical (unpaired) electrons. The van der Waals surface area contributed by atoms with Crippen molar-refractivity contribution in [2.75, 3.05) is 5.73 Å². The summed E-state index contributed by atoms with van der Waals surface area (Å²) in [5.74, 6) is -0.282. The molecule has 5 heteroatoms. The summed E-state index contributed by atoms with van der Waals surface area (Å²) in [6.45, 7) is 0. The van der Waals surface area contributed by atoms with Crippen molar-refractivity contribution >= 4 is 17.4 Å². The normalized spacial score (nSPS) is 10.5. The minimum absolute atomic E-state index is 0.282. The summed E-state index contributed by atoms with van der Waals surface area (Å²) in [5.41, 5.74) is 6.30. The first kappa shape index (κ1) is 10.0. The molecule has 0 aliphatic rings. The maximum Gasteiger partial charge on any atom is 0.124 e. The molecule has 2 N–H and O–H groups in total. The average Bonchev–Trinajstić information content (AvgIpc) is 2.58. The smallest absolute Gasteiger partial charge is 0.124 e. The van der Waals surface area contributed by atoms with Crippen LogP contribution in [0.3, 0.4) is 0 Å².